The van der Waals surface area contributed by atoms with Crippen LogP contribution in [0.3, 0.4) is 0 Å². The summed E-state index contributed by atoms with van der Waals surface area (Å²) in [6, 6.07) is 13.8. The van der Waals surface area contributed by atoms with Crippen LogP contribution in [-0.2, 0) is 4.79 Å². The zero-order valence-corrected chi connectivity index (χ0v) is 15.1. The van der Waals surface area contributed by atoms with E-state index in [4.69, 9.17) is 0 Å². The Balaban J connectivity index is 1.45. The Morgan fingerprint density at radius 1 is 0.857 bits per heavy atom. The largest absolute Gasteiger partial charge is 0.507 e. The fourth-order valence-corrected chi connectivity index (χ4v) is 3.48. The van der Waals surface area contributed by atoms with Crippen LogP contribution in [0, 0.1) is 0 Å². The van der Waals surface area contributed by atoms with E-state index < -0.39 is 11.7 Å². The minimum atomic E-state index is -0.671. The number of hydrogen-bond acceptors (Lipinski definition) is 4. The summed E-state index contributed by atoms with van der Waals surface area (Å²) >= 11 is 0. The average molecular weight is 377 g/mol. The number of fused-ring (bicyclic) bond motifs is 1. The number of nitrogens with one attached hydrogen (secondary N) is 1. The van der Waals surface area contributed by atoms with Gasteiger partial charge in [-0.15, -0.1) is 0 Å². The lowest BCUT2D eigenvalue weighted by molar-refractivity contribution is -0.127. The number of benzene rings is 2. The highest BCUT2D eigenvalue weighted by Gasteiger charge is 2.30. The number of piperazine rings is 1. The molecule has 2 amide bonds. The van der Waals surface area contributed by atoms with E-state index in [1.165, 1.54) is 17.2 Å². The molecule has 1 aromatic heterocycles. The Hall–Kier alpha value is -3.61. The Morgan fingerprint density at radius 2 is 1.54 bits per heavy atom. The van der Waals surface area contributed by atoms with Crippen LogP contribution in [0.15, 0.2) is 54.7 Å². The predicted octanol–water partition coefficient (Wildman–Crippen LogP) is 2.04. The van der Waals surface area contributed by atoms with Gasteiger partial charge in [-0.05, 0) is 24.3 Å². The lowest BCUT2D eigenvalue weighted by Crippen LogP contribution is -2.52. The van der Waals surface area contributed by atoms with Crippen molar-refractivity contribution in [2.24, 2.45) is 0 Å². The summed E-state index contributed by atoms with van der Waals surface area (Å²) in [5.41, 5.74) is 1.35. The number of H-pyrrole nitrogens is 1. The van der Waals surface area contributed by atoms with Crippen LogP contribution in [0.4, 0.5) is 0 Å². The summed E-state index contributed by atoms with van der Waals surface area (Å²) in [4.78, 5) is 43.9. The average Bonchev–Trinajstić information content (AvgIpc) is 3.18. The van der Waals surface area contributed by atoms with Crippen LogP contribution < -0.4 is 0 Å². The van der Waals surface area contributed by atoms with Gasteiger partial charge in [0.2, 0.25) is 0 Å². The number of phenolic OH excluding ortho intramolecular Hbond substituents is 1. The van der Waals surface area contributed by atoms with Gasteiger partial charge in [0, 0.05) is 43.5 Å². The minimum Gasteiger partial charge on any atom is -0.507 e. The van der Waals surface area contributed by atoms with Crippen molar-refractivity contribution >= 4 is 28.5 Å². The van der Waals surface area contributed by atoms with Crippen molar-refractivity contribution in [1.82, 2.24) is 14.8 Å². The first-order chi connectivity index (χ1) is 13.6. The molecule has 3 aromatic rings. The Labute approximate surface area is 161 Å². The smallest absolute Gasteiger partial charge is 0.295 e. The number of aromatic hydroxyl groups is 1. The fourth-order valence-electron chi connectivity index (χ4n) is 3.48. The van der Waals surface area contributed by atoms with Crippen molar-refractivity contribution in [3.63, 3.8) is 0 Å². The van der Waals surface area contributed by atoms with Gasteiger partial charge < -0.3 is 19.9 Å². The van der Waals surface area contributed by atoms with E-state index in [0.29, 0.717) is 29.6 Å². The van der Waals surface area contributed by atoms with Gasteiger partial charge in [0.05, 0.1) is 10.9 Å². The van der Waals surface area contributed by atoms with E-state index in [0.717, 1.165) is 0 Å². The number of nitrogens with zero attached hydrogens (tertiary/aromatic N) is 2. The molecule has 2 N–H and O–H groups in total. The summed E-state index contributed by atoms with van der Waals surface area (Å²) in [6.07, 6.45) is 1.44. The monoisotopic (exact) mass is 377 g/mol. The molecule has 1 saturated heterocycles. The van der Waals surface area contributed by atoms with Gasteiger partial charge in [-0.25, -0.2) is 0 Å². The first-order valence-corrected chi connectivity index (χ1v) is 9.03. The number of phenols is 1. The molecule has 2 heterocycles. The molecule has 2 aromatic carbocycles. The molecule has 0 spiro atoms. The van der Waals surface area contributed by atoms with Crippen molar-refractivity contribution in [3.05, 3.63) is 65.9 Å². The summed E-state index contributed by atoms with van der Waals surface area (Å²) in [5, 5.41) is 10.4. The van der Waals surface area contributed by atoms with Crippen LogP contribution in [0.5, 0.6) is 5.75 Å². The van der Waals surface area contributed by atoms with Crippen LogP contribution in [-0.4, -0.2) is 63.7 Å². The van der Waals surface area contributed by atoms with Gasteiger partial charge in [-0.3, -0.25) is 14.4 Å². The maximum atomic E-state index is 12.7. The predicted molar refractivity (Wildman–Crippen MR) is 103 cm³/mol. The van der Waals surface area contributed by atoms with E-state index in [9.17, 15) is 19.5 Å². The van der Waals surface area contributed by atoms with Crippen molar-refractivity contribution in [2.45, 2.75) is 0 Å². The van der Waals surface area contributed by atoms with Crippen molar-refractivity contribution < 1.29 is 19.5 Å². The number of rotatable bonds is 3. The molecule has 0 bridgehead atoms. The second-order valence-corrected chi connectivity index (χ2v) is 6.68. The molecule has 7 heteroatoms. The summed E-state index contributed by atoms with van der Waals surface area (Å²) in [5.74, 6) is -1.43. The summed E-state index contributed by atoms with van der Waals surface area (Å²) < 4.78 is 0. The van der Waals surface area contributed by atoms with Gasteiger partial charge in [-0.2, -0.15) is 0 Å². The lowest BCUT2D eigenvalue weighted by Gasteiger charge is -2.34. The molecule has 0 atom stereocenters. The van der Waals surface area contributed by atoms with Gasteiger partial charge in [0.25, 0.3) is 17.6 Å². The summed E-state index contributed by atoms with van der Waals surface area (Å²) in [6.45, 7) is 1.31. The first kappa shape index (κ1) is 17.8. The molecular formula is C21H19N3O4. The number of carbonyl (C=O) groups is 3. The molecule has 0 saturated carbocycles. The van der Waals surface area contributed by atoms with Gasteiger partial charge in [0.1, 0.15) is 5.75 Å². The quantitative estimate of drug-likeness (QED) is 0.540. The van der Waals surface area contributed by atoms with Crippen LogP contribution in [0.2, 0.25) is 0 Å². The molecule has 142 valence electrons. The van der Waals surface area contributed by atoms with Crippen molar-refractivity contribution in [3.8, 4) is 5.75 Å². The molecule has 0 unspecified atom stereocenters. The SMILES string of the molecule is O=C(C(=O)N1CCN(C(=O)c2ccccc2)CC1)c1c[nH]c2cccc(O)c12. The number of carbonyl (C=O) groups excluding carboxylic acids is 3. The van der Waals surface area contributed by atoms with E-state index in [1.807, 2.05) is 18.2 Å². The normalized spacial score (nSPS) is 14.3. The van der Waals surface area contributed by atoms with E-state index >= 15 is 0 Å². The van der Waals surface area contributed by atoms with Crippen LogP contribution >= 0.6 is 0 Å². The minimum absolute atomic E-state index is 0.0480. The Morgan fingerprint density at radius 3 is 2.25 bits per heavy atom. The summed E-state index contributed by atoms with van der Waals surface area (Å²) in [7, 11) is 0. The number of aromatic amines is 1. The molecule has 0 aliphatic carbocycles. The molecule has 0 radical (unpaired) electrons. The molecule has 4 rings (SSSR count). The number of aromatic nitrogens is 1. The third kappa shape index (κ3) is 3.11. The van der Waals surface area contributed by atoms with Gasteiger partial charge in [-0.1, -0.05) is 24.3 Å². The number of hydrogen-bond donors (Lipinski definition) is 2. The zero-order chi connectivity index (χ0) is 19.7. The second kappa shape index (κ2) is 7.19. The highest BCUT2D eigenvalue weighted by molar-refractivity contribution is 6.45. The Kier molecular flexibility index (Phi) is 4.57. The molecule has 1 fully saturated rings. The maximum Gasteiger partial charge on any atom is 0.295 e. The van der Waals surface area contributed by atoms with E-state index in [-0.39, 0.29) is 30.3 Å². The first-order valence-electron chi connectivity index (χ1n) is 9.03. The maximum absolute atomic E-state index is 12.7. The number of ketones is 1. The molecule has 7 nitrogen and oxygen atoms in total. The van der Waals surface area contributed by atoms with Crippen molar-refractivity contribution in [2.75, 3.05) is 26.2 Å². The van der Waals surface area contributed by atoms with Crippen LogP contribution in [0.1, 0.15) is 20.7 Å². The third-order valence-corrected chi connectivity index (χ3v) is 5.00. The third-order valence-electron chi connectivity index (χ3n) is 5.00. The number of amides is 2. The van der Waals surface area contributed by atoms with Crippen molar-refractivity contribution in [1.29, 1.82) is 0 Å². The lowest BCUT2D eigenvalue weighted by atomic mass is 10.1. The van der Waals surface area contributed by atoms with Crippen LogP contribution in [0.25, 0.3) is 10.9 Å². The highest BCUT2D eigenvalue weighted by atomic mass is 16.3. The number of Topliss-reactive ketones (excluding diaryl/α,β-unsaturated/α-hetero) is 1. The Bertz CT molecular complexity index is 1050. The van der Waals surface area contributed by atoms with E-state index in [1.54, 1.807) is 29.2 Å². The van der Waals surface area contributed by atoms with Gasteiger partial charge in [0.15, 0.2) is 0 Å². The van der Waals surface area contributed by atoms with E-state index in [2.05, 4.69) is 4.98 Å². The fraction of sp³-hybridized carbons (Fsp3) is 0.190. The molecular weight excluding hydrogens is 358 g/mol. The highest BCUT2D eigenvalue weighted by Crippen LogP contribution is 2.28. The molecule has 1 aliphatic heterocycles. The second-order valence-electron chi connectivity index (χ2n) is 6.68. The standard InChI is InChI=1S/C21H19N3O4/c25-17-8-4-7-16-18(17)15(13-22-16)19(26)21(28)24-11-9-23(10-12-24)20(27)14-5-2-1-3-6-14/h1-8,13,22,25H,9-12H2. The van der Waals surface area contributed by atoms with Gasteiger partial charge >= 0.3 is 0 Å². The topological polar surface area (TPSA) is 93.7 Å². The molecule has 28 heavy (non-hydrogen) atoms. The zero-order valence-electron chi connectivity index (χ0n) is 15.1. The molecule has 1 aliphatic rings.